The minimum atomic E-state index is -1.62. The first-order chi connectivity index (χ1) is 14.9. The number of carbonyl (C=O) groups excluding carboxylic acids is 2. The quantitative estimate of drug-likeness (QED) is 0.580. The third-order valence-electron chi connectivity index (χ3n) is 6.10. The van der Waals surface area contributed by atoms with Crippen LogP contribution in [0.2, 0.25) is 5.02 Å². The molecule has 0 spiro atoms. The van der Waals surface area contributed by atoms with Gasteiger partial charge < -0.3 is 19.9 Å². The summed E-state index contributed by atoms with van der Waals surface area (Å²) in [5.74, 6) is -0.410. The maximum Gasteiger partial charge on any atom is 0.278 e. The molecule has 2 aromatic carbocycles. The zero-order valence-corrected chi connectivity index (χ0v) is 18.0. The van der Waals surface area contributed by atoms with Gasteiger partial charge in [-0.25, -0.2) is 0 Å². The number of ether oxygens (including phenoxy) is 1. The van der Waals surface area contributed by atoms with Gasteiger partial charge in [-0.05, 0) is 55.7 Å². The van der Waals surface area contributed by atoms with Crippen LogP contribution >= 0.6 is 11.6 Å². The Hall–Kier alpha value is -3.25. The standard InChI is InChI=1S/C24H22ClN3O3/c1-14-4-3-5-18-21(14)17(13-26-18)15-8-10-28(11-9-15)23(30)24(2)22(29)27-19-12-16(25)6-7-20(19)31-24/h3-8,12-13,26H,9-11H2,1-2H3,(H,27,29). The zero-order chi connectivity index (χ0) is 21.8. The van der Waals surface area contributed by atoms with E-state index in [1.165, 1.54) is 29.0 Å². The van der Waals surface area contributed by atoms with Crippen LogP contribution in [0, 0.1) is 6.92 Å². The molecule has 0 aliphatic carbocycles. The molecule has 0 fully saturated rings. The maximum absolute atomic E-state index is 13.3. The lowest BCUT2D eigenvalue weighted by atomic mass is 9.95. The number of benzene rings is 2. The average molecular weight is 436 g/mol. The zero-order valence-electron chi connectivity index (χ0n) is 17.3. The highest BCUT2D eigenvalue weighted by atomic mass is 35.5. The fraction of sp³-hybridized carbons (Fsp3) is 0.250. The smallest absolute Gasteiger partial charge is 0.278 e. The Morgan fingerprint density at radius 2 is 2.10 bits per heavy atom. The molecular weight excluding hydrogens is 414 g/mol. The van der Waals surface area contributed by atoms with E-state index in [1.54, 1.807) is 23.1 Å². The van der Waals surface area contributed by atoms with Crippen LogP contribution in [0.1, 0.15) is 24.5 Å². The fourth-order valence-electron chi connectivity index (χ4n) is 4.36. The van der Waals surface area contributed by atoms with Crippen LogP contribution in [0.25, 0.3) is 16.5 Å². The molecule has 1 aromatic heterocycles. The van der Waals surface area contributed by atoms with Gasteiger partial charge in [-0.1, -0.05) is 29.8 Å². The molecule has 0 saturated heterocycles. The SMILES string of the molecule is Cc1cccc2[nH]cc(C3=CCN(C(=O)C4(C)Oc5ccc(Cl)cc5NC4=O)CC3)c12. The van der Waals surface area contributed by atoms with Crippen molar-refractivity contribution in [3.05, 3.63) is 64.8 Å². The first kappa shape index (κ1) is 19.7. The van der Waals surface area contributed by atoms with E-state index in [0.29, 0.717) is 36.0 Å². The van der Waals surface area contributed by atoms with E-state index in [4.69, 9.17) is 16.3 Å². The second kappa shape index (κ2) is 7.17. The Balaban J connectivity index is 1.39. The van der Waals surface area contributed by atoms with Crippen LogP contribution in [0.3, 0.4) is 0 Å². The van der Waals surface area contributed by atoms with Crippen LogP contribution in [0.15, 0.2) is 48.7 Å². The van der Waals surface area contributed by atoms with Crippen molar-refractivity contribution in [3.8, 4) is 5.75 Å². The van der Waals surface area contributed by atoms with Gasteiger partial charge in [0.1, 0.15) is 5.75 Å². The van der Waals surface area contributed by atoms with Crippen LogP contribution in [-0.2, 0) is 9.59 Å². The monoisotopic (exact) mass is 435 g/mol. The minimum absolute atomic E-state index is 0.351. The molecule has 2 amide bonds. The highest BCUT2D eigenvalue weighted by Gasteiger charge is 2.49. The largest absolute Gasteiger partial charge is 0.466 e. The topological polar surface area (TPSA) is 74.4 Å². The molecule has 3 heterocycles. The van der Waals surface area contributed by atoms with Gasteiger partial charge in [0.15, 0.2) is 0 Å². The molecule has 1 atom stereocenters. The van der Waals surface area contributed by atoms with Crippen LogP contribution in [0.4, 0.5) is 5.69 Å². The summed E-state index contributed by atoms with van der Waals surface area (Å²) in [6.07, 6.45) is 4.80. The minimum Gasteiger partial charge on any atom is -0.466 e. The molecule has 2 N–H and O–H groups in total. The maximum atomic E-state index is 13.3. The summed E-state index contributed by atoms with van der Waals surface area (Å²) < 4.78 is 5.89. The summed E-state index contributed by atoms with van der Waals surface area (Å²) in [6.45, 7) is 4.56. The van der Waals surface area contributed by atoms with Gasteiger partial charge in [0, 0.05) is 40.8 Å². The number of carbonyl (C=O) groups is 2. The molecule has 5 rings (SSSR count). The van der Waals surface area contributed by atoms with E-state index in [9.17, 15) is 9.59 Å². The normalized spacial score (nSPS) is 20.7. The van der Waals surface area contributed by atoms with Gasteiger partial charge in [-0.15, -0.1) is 0 Å². The first-order valence-electron chi connectivity index (χ1n) is 10.2. The number of aromatic amines is 1. The van der Waals surface area contributed by atoms with Crippen LogP contribution in [0.5, 0.6) is 5.75 Å². The molecule has 158 valence electrons. The Labute approximate surface area is 184 Å². The Morgan fingerprint density at radius 3 is 2.87 bits per heavy atom. The van der Waals surface area contributed by atoms with Gasteiger partial charge >= 0.3 is 0 Å². The third kappa shape index (κ3) is 3.18. The lowest BCUT2D eigenvalue weighted by Gasteiger charge is -2.38. The number of halogens is 1. The lowest BCUT2D eigenvalue weighted by Crippen LogP contribution is -2.60. The first-order valence-corrected chi connectivity index (χ1v) is 10.6. The Bertz CT molecular complexity index is 1260. The van der Waals surface area contributed by atoms with Crippen molar-refractivity contribution in [2.45, 2.75) is 25.9 Å². The summed E-state index contributed by atoms with van der Waals surface area (Å²) in [6, 6.07) is 11.1. The van der Waals surface area contributed by atoms with Gasteiger partial charge in [0.05, 0.1) is 5.69 Å². The second-order valence-corrected chi connectivity index (χ2v) is 8.60. The number of fused-ring (bicyclic) bond motifs is 2. The van der Waals surface area contributed by atoms with Crippen molar-refractivity contribution in [2.24, 2.45) is 0 Å². The summed E-state index contributed by atoms with van der Waals surface area (Å²) in [5, 5.41) is 4.45. The number of anilines is 1. The number of aromatic nitrogens is 1. The number of nitrogens with zero attached hydrogens (tertiary/aromatic N) is 1. The molecule has 0 bridgehead atoms. The highest BCUT2D eigenvalue weighted by Crippen LogP contribution is 2.37. The number of aryl methyl sites for hydroxylation is 1. The van der Waals surface area contributed by atoms with Gasteiger partial charge in [-0.3, -0.25) is 9.59 Å². The van der Waals surface area contributed by atoms with Crippen LogP contribution < -0.4 is 10.1 Å². The van der Waals surface area contributed by atoms with Gasteiger partial charge in [-0.2, -0.15) is 0 Å². The molecule has 2 aliphatic heterocycles. The Kier molecular flexibility index (Phi) is 4.55. The summed E-state index contributed by atoms with van der Waals surface area (Å²) in [7, 11) is 0. The van der Waals surface area contributed by atoms with E-state index in [-0.39, 0.29) is 5.91 Å². The fourth-order valence-corrected chi connectivity index (χ4v) is 4.53. The molecule has 0 radical (unpaired) electrons. The lowest BCUT2D eigenvalue weighted by molar-refractivity contribution is -0.154. The Morgan fingerprint density at radius 1 is 1.26 bits per heavy atom. The van der Waals surface area contributed by atoms with Crippen molar-refractivity contribution in [1.82, 2.24) is 9.88 Å². The molecule has 3 aromatic rings. The molecule has 6 nitrogen and oxygen atoms in total. The van der Waals surface area contributed by atoms with Crippen molar-refractivity contribution < 1.29 is 14.3 Å². The number of hydrogen-bond acceptors (Lipinski definition) is 3. The number of H-pyrrole nitrogens is 1. The molecule has 31 heavy (non-hydrogen) atoms. The predicted molar refractivity (Wildman–Crippen MR) is 121 cm³/mol. The summed E-state index contributed by atoms with van der Waals surface area (Å²) in [4.78, 5) is 31.1. The number of hydrogen-bond donors (Lipinski definition) is 2. The third-order valence-corrected chi connectivity index (χ3v) is 6.34. The average Bonchev–Trinajstić information content (AvgIpc) is 3.20. The van der Waals surface area contributed by atoms with E-state index in [2.05, 4.69) is 35.4 Å². The summed E-state index contributed by atoms with van der Waals surface area (Å²) >= 11 is 5.99. The van der Waals surface area contributed by atoms with Gasteiger partial charge in [0.25, 0.3) is 17.4 Å². The van der Waals surface area contributed by atoms with Gasteiger partial charge in [0.2, 0.25) is 0 Å². The predicted octanol–water partition coefficient (Wildman–Crippen LogP) is 4.54. The van der Waals surface area contributed by atoms with E-state index in [0.717, 1.165) is 5.52 Å². The van der Waals surface area contributed by atoms with Crippen molar-refractivity contribution in [1.29, 1.82) is 0 Å². The summed E-state index contributed by atoms with van der Waals surface area (Å²) in [5.41, 5.74) is 3.54. The second-order valence-electron chi connectivity index (χ2n) is 8.16. The van der Waals surface area contributed by atoms with E-state index >= 15 is 0 Å². The van der Waals surface area contributed by atoms with Crippen molar-refractivity contribution in [3.63, 3.8) is 0 Å². The van der Waals surface area contributed by atoms with Crippen LogP contribution in [-0.4, -0.2) is 40.4 Å². The molecule has 2 aliphatic rings. The highest BCUT2D eigenvalue weighted by molar-refractivity contribution is 6.31. The number of rotatable bonds is 2. The molecule has 0 saturated carbocycles. The number of amides is 2. The van der Waals surface area contributed by atoms with Crippen molar-refractivity contribution >= 4 is 45.6 Å². The van der Waals surface area contributed by atoms with Crippen molar-refractivity contribution in [2.75, 3.05) is 18.4 Å². The molecule has 1 unspecified atom stereocenters. The number of nitrogens with one attached hydrogen (secondary N) is 2. The van der Waals surface area contributed by atoms with E-state index in [1.807, 2.05) is 12.3 Å². The molecular formula is C24H22ClN3O3. The van der Waals surface area contributed by atoms with E-state index < -0.39 is 11.5 Å². The molecule has 7 heteroatoms.